The van der Waals surface area contributed by atoms with Gasteiger partial charge < -0.3 is 20.0 Å². The second-order valence-electron chi connectivity index (χ2n) is 9.10. The quantitative estimate of drug-likeness (QED) is 0.344. The van der Waals surface area contributed by atoms with Gasteiger partial charge in [-0.3, -0.25) is 14.7 Å². The summed E-state index contributed by atoms with van der Waals surface area (Å²) in [5.41, 5.74) is 1.32. The maximum atomic E-state index is 12.7. The Balaban J connectivity index is 0.00000289. The summed E-state index contributed by atoms with van der Waals surface area (Å²) in [6.07, 6.45) is 3.51. The first-order chi connectivity index (χ1) is 15.2. The van der Waals surface area contributed by atoms with Gasteiger partial charge >= 0.3 is 0 Å². The highest BCUT2D eigenvalue weighted by Crippen LogP contribution is 2.23. The van der Waals surface area contributed by atoms with Crippen molar-refractivity contribution < 1.29 is 4.79 Å². The monoisotopic (exact) mass is 554 g/mol. The van der Waals surface area contributed by atoms with Crippen molar-refractivity contribution in [1.29, 1.82) is 0 Å². The first kappa shape index (κ1) is 25.1. The summed E-state index contributed by atoms with van der Waals surface area (Å²) < 4.78 is 0. The molecule has 0 aromatic heterocycles. The highest BCUT2D eigenvalue weighted by Gasteiger charge is 2.31. The van der Waals surface area contributed by atoms with Crippen LogP contribution in [-0.2, 0) is 4.79 Å². The fourth-order valence-corrected chi connectivity index (χ4v) is 5.12. The molecule has 2 unspecified atom stereocenters. The fraction of sp³-hybridized carbons (Fsp3) is 0.667. The van der Waals surface area contributed by atoms with E-state index in [1.165, 1.54) is 12.1 Å². The highest BCUT2D eigenvalue weighted by molar-refractivity contribution is 14.0. The molecule has 8 heteroatoms. The normalized spacial score (nSPS) is 23.2. The molecule has 3 fully saturated rings. The van der Waals surface area contributed by atoms with E-state index < -0.39 is 0 Å². The zero-order valence-electron chi connectivity index (χ0n) is 19.6. The Labute approximate surface area is 210 Å². The molecule has 0 aliphatic carbocycles. The number of hydrogen-bond donors (Lipinski definition) is 1. The van der Waals surface area contributed by atoms with Gasteiger partial charge in [0.05, 0.1) is 6.04 Å². The van der Waals surface area contributed by atoms with E-state index in [1.807, 2.05) is 11.9 Å². The summed E-state index contributed by atoms with van der Waals surface area (Å²) in [4.78, 5) is 26.5. The second kappa shape index (κ2) is 12.1. The van der Waals surface area contributed by atoms with Crippen molar-refractivity contribution in [2.45, 2.75) is 32.2 Å². The SMILES string of the molecule is CN=C(NCC1CCN(c2ccccc2)C1)N1CCN(C(C)C(=O)N2CCCC2)CC1.I. The minimum atomic E-state index is -0.0160. The summed E-state index contributed by atoms with van der Waals surface area (Å²) in [7, 11) is 1.87. The third kappa shape index (κ3) is 6.07. The zero-order valence-corrected chi connectivity index (χ0v) is 21.9. The van der Waals surface area contributed by atoms with E-state index in [4.69, 9.17) is 0 Å². The number of nitrogens with zero attached hydrogens (tertiary/aromatic N) is 5. The maximum Gasteiger partial charge on any atom is 0.239 e. The molecule has 3 aliphatic heterocycles. The van der Waals surface area contributed by atoms with Crippen LogP contribution in [0.5, 0.6) is 0 Å². The topological polar surface area (TPSA) is 54.4 Å². The summed E-state index contributed by atoms with van der Waals surface area (Å²) in [5.74, 6) is 1.94. The van der Waals surface area contributed by atoms with Crippen LogP contribution < -0.4 is 10.2 Å². The first-order valence-electron chi connectivity index (χ1n) is 11.9. The van der Waals surface area contributed by atoms with Gasteiger partial charge in [-0.2, -0.15) is 0 Å². The Hall–Kier alpha value is -1.55. The maximum absolute atomic E-state index is 12.7. The molecule has 0 spiro atoms. The molecule has 1 N–H and O–H groups in total. The minimum Gasteiger partial charge on any atom is -0.371 e. The molecule has 3 heterocycles. The number of nitrogens with one attached hydrogen (secondary N) is 1. The first-order valence-corrected chi connectivity index (χ1v) is 11.9. The number of carbonyl (C=O) groups excluding carboxylic acids is 1. The molecular formula is C24H39IN6O. The van der Waals surface area contributed by atoms with Crippen molar-refractivity contribution in [3.63, 3.8) is 0 Å². The van der Waals surface area contributed by atoms with Gasteiger partial charge in [0, 0.05) is 71.6 Å². The van der Waals surface area contributed by atoms with Crippen molar-refractivity contribution in [3.05, 3.63) is 30.3 Å². The molecule has 32 heavy (non-hydrogen) atoms. The Morgan fingerprint density at radius 2 is 1.72 bits per heavy atom. The summed E-state index contributed by atoms with van der Waals surface area (Å²) in [5, 5.41) is 3.62. The van der Waals surface area contributed by atoms with E-state index in [1.54, 1.807) is 0 Å². The minimum absolute atomic E-state index is 0. The van der Waals surface area contributed by atoms with Gasteiger partial charge in [-0.25, -0.2) is 0 Å². The molecular weight excluding hydrogens is 515 g/mol. The van der Waals surface area contributed by atoms with Crippen LogP contribution in [0.25, 0.3) is 0 Å². The standard InChI is InChI=1S/C24H38N6O.HI/c1-20(23(31)28-11-6-7-12-28)27-14-16-29(17-15-27)24(25-2)26-18-21-10-13-30(19-21)22-8-4-3-5-9-22;/h3-5,8-9,20-21H,6-7,10-19H2,1-2H3,(H,25,26);1H. The van der Waals surface area contributed by atoms with Gasteiger partial charge in [0.25, 0.3) is 0 Å². The van der Waals surface area contributed by atoms with E-state index in [2.05, 4.69) is 62.3 Å². The van der Waals surface area contributed by atoms with Crippen molar-refractivity contribution in [2.24, 2.45) is 10.9 Å². The third-order valence-electron chi connectivity index (χ3n) is 7.10. The average molecular weight is 555 g/mol. The molecule has 0 radical (unpaired) electrons. The van der Waals surface area contributed by atoms with Crippen molar-refractivity contribution in [1.82, 2.24) is 20.0 Å². The lowest BCUT2D eigenvalue weighted by Crippen LogP contribution is -2.57. The number of guanidine groups is 1. The molecule has 2 atom stereocenters. The Morgan fingerprint density at radius 3 is 2.38 bits per heavy atom. The van der Waals surface area contributed by atoms with Gasteiger partial charge in [-0.15, -0.1) is 24.0 Å². The largest absolute Gasteiger partial charge is 0.371 e. The van der Waals surface area contributed by atoms with Crippen LogP contribution in [0.15, 0.2) is 35.3 Å². The number of hydrogen-bond acceptors (Lipinski definition) is 4. The molecule has 0 saturated carbocycles. The molecule has 3 saturated heterocycles. The van der Waals surface area contributed by atoms with Crippen molar-refractivity contribution in [3.8, 4) is 0 Å². The van der Waals surface area contributed by atoms with E-state index >= 15 is 0 Å². The summed E-state index contributed by atoms with van der Waals surface area (Å²) in [6.45, 7) is 10.8. The van der Waals surface area contributed by atoms with Gasteiger partial charge in [0.2, 0.25) is 5.91 Å². The number of piperazine rings is 1. The summed E-state index contributed by atoms with van der Waals surface area (Å²) in [6, 6.07) is 10.7. The number of anilines is 1. The lowest BCUT2D eigenvalue weighted by Gasteiger charge is -2.39. The zero-order chi connectivity index (χ0) is 21.6. The number of likely N-dealkylation sites (tertiary alicyclic amines) is 1. The van der Waals surface area contributed by atoms with Crippen LogP contribution in [0, 0.1) is 5.92 Å². The number of aliphatic imine (C=N–C) groups is 1. The number of halogens is 1. The number of amides is 1. The molecule has 1 amide bonds. The number of rotatable bonds is 5. The number of para-hydroxylation sites is 1. The Kier molecular flexibility index (Phi) is 9.46. The lowest BCUT2D eigenvalue weighted by molar-refractivity contribution is -0.135. The highest BCUT2D eigenvalue weighted by atomic mass is 127. The van der Waals surface area contributed by atoms with E-state index in [0.717, 1.165) is 77.7 Å². The molecule has 4 rings (SSSR count). The Morgan fingerprint density at radius 1 is 1.03 bits per heavy atom. The van der Waals surface area contributed by atoms with Crippen LogP contribution in [0.3, 0.4) is 0 Å². The number of carbonyl (C=O) groups is 1. The lowest BCUT2D eigenvalue weighted by atomic mass is 10.1. The molecule has 7 nitrogen and oxygen atoms in total. The van der Waals surface area contributed by atoms with Crippen LogP contribution in [0.2, 0.25) is 0 Å². The van der Waals surface area contributed by atoms with Crippen LogP contribution >= 0.6 is 24.0 Å². The smallest absolute Gasteiger partial charge is 0.239 e. The van der Waals surface area contributed by atoms with Crippen LogP contribution in [-0.4, -0.2) is 98.6 Å². The summed E-state index contributed by atoms with van der Waals surface area (Å²) >= 11 is 0. The van der Waals surface area contributed by atoms with Crippen LogP contribution in [0.4, 0.5) is 5.69 Å². The average Bonchev–Trinajstić information content (AvgIpc) is 3.52. The van der Waals surface area contributed by atoms with Crippen LogP contribution in [0.1, 0.15) is 26.2 Å². The van der Waals surface area contributed by atoms with Gasteiger partial charge in [-0.1, -0.05) is 18.2 Å². The molecule has 178 valence electrons. The molecule has 1 aromatic carbocycles. The number of benzene rings is 1. The van der Waals surface area contributed by atoms with E-state index in [0.29, 0.717) is 11.8 Å². The van der Waals surface area contributed by atoms with Gasteiger partial charge in [0.1, 0.15) is 0 Å². The molecule has 0 bridgehead atoms. The van der Waals surface area contributed by atoms with E-state index in [-0.39, 0.29) is 30.0 Å². The van der Waals surface area contributed by atoms with Gasteiger partial charge in [0.15, 0.2) is 5.96 Å². The van der Waals surface area contributed by atoms with Crippen molar-refractivity contribution >= 4 is 41.5 Å². The van der Waals surface area contributed by atoms with Crippen molar-refractivity contribution in [2.75, 3.05) is 70.9 Å². The molecule has 1 aromatic rings. The Bertz CT molecular complexity index is 746. The predicted molar refractivity (Wildman–Crippen MR) is 142 cm³/mol. The third-order valence-corrected chi connectivity index (χ3v) is 7.10. The predicted octanol–water partition coefficient (Wildman–Crippen LogP) is 2.33. The second-order valence-corrected chi connectivity index (χ2v) is 9.10. The molecule has 3 aliphatic rings. The van der Waals surface area contributed by atoms with E-state index in [9.17, 15) is 4.79 Å². The fourth-order valence-electron chi connectivity index (χ4n) is 5.12. The van der Waals surface area contributed by atoms with Gasteiger partial charge in [-0.05, 0) is 44.2 Å².